The van der Waals surface area contributed by atoms with Gasteiger partial charge in [-0.3, -0.25) is 13.7 Å². The summed E-state index contributed by atoms with van der Waals surface area (Å²) in [5.41, 5.74) is 27.5. The maximum Gasteiger partial charge on any atom is 0.160 e. The van der Waals surface area contributed by atoms with Crippen LogP contribution in [0.1, 0.15) is 28.1 Å². The number of para-hydroxylation sites is 9. The summed E-state index contributed by atoms with van der Waals surface area (Å²) < 4.78 is 6.68. The highest BCUT2D eigenvalue weighted by atomic mass is 15.1. The molecule has 0 aliphatic carbocycles. The SMILES string of the molecule is Cc1ccc(-c2nc3ccccc3n2-c2ccccc2)cc1.Cc1cccc(-c2cc(-c3ccccc3)nc(-c3ccccc3)n2)c1.Cc1cccc(-c2nc3ccccc3n2-c2ccccc2)c1.Cc1ccccc1-c1nc2ccccc2n1-c1ccccc1.Cc1nc(-c2ccccc2)cc(-c2ccccc2)n1. The van der Waals surface area contributed by atoms with E-state index in [4.69, 9.17) is 24.9 Å². The van der Waals surface area contributed by atoms with Crippen molar-refractivity contribution >= 4 is 33.1 Å². The molecule has 0 amide bonds. The summed E-state index contributed by atoms with van der Waals surface area (Å²) in [6.45, 7) is 10.4. The van der Waals surface area contributed by atoms with E-state index < -0.39 is 0 Å². The molecule has 10 heteroatoms. The number of aromatic nitrogens is 10. The number of nitrogens with zero attached hydrogens (tertiary/aromatic N) is 10. The zero-order chi connectivity index (χ0) is 75.0. The van der Waals surface area contributed by atoms with Crippen LogP contribution >= 0.6 is 0 Å². The van der Waals surface area contributed by atoms with Crippen LogP contribution in [-0.2, 0) is 0 Å². The van der Waals surface area contributed by atoms with Crippen molar-refractivity contribution in [1.29, 1.82) is 0 Å². The van der Waals surface area contributed by atoms with Gasteiger partial charge >= 0.3 is 0 Å². The third kappa shape index (κ3) is 16.7. The molecule has 0 aliphatic rings. The lowest BCUT2D eigenvalue weighted by Crippen LogP contribution is -1.98. The van der Waals surface area contributed by atoms with Crippen LogP contribution in [0.15, 0.2) is 394 Å². The summed E-state index contributed by atoms with van der Waals surface area (Å²) in [6, 6.07) is 135. The van der Waals surface area contributed by atoms with Crippen molar-refractivity contribution in [3.63, 3.8) is 0 Å². The molecule has 0 bridgehead atoms. The van der Waals surface area contributed by atoms with Crippen molar-refractivity contribution in [3.05, 3.63) is 422 Å². The van der Waals surface area contributed by atoms with E-state index in [0.29, 0.717) is 0 Å². The topological polar surface area (TPSA) is 105 Å². The lowest BCUT2D eigenvalue weighted by molar-refractivity contribution is 1.06. The first-order valence-corrected chi connectivity index (χ1v) is 36.9. The number of rotatable bonds is 11. The third-order valence-electron chi connectivity index (χ3n) is 18.8. The van der Waals surface area contributed by atoms with E-state index in [1.165, 1.54) is 27.8 Å². The average Bonchev–Trinajstić information content (AvgIpc) is 1.62. The minimum atomic E-state index is 0.749. The number of hydrogen-bond donors (Lipinski definition) is 0. The molecule has 0 spiro atoms. The summed E-state index contributed by atoms with van der Waals surface area (Å²) in [6.07, 6.45) is 0. The molecule has 530 valence electrons. The van der Waals surface area contributed by atoms with Crippen molar-refractivity contribution in [3.8, 4) is 108 Å². The Morgan fingerprint density at radius 1 is 0.200 bits per heavy atom. The van der Waals surface area contributed by atoms with Gasteiger partial charge in [-0.1, -0.05) is 314 Å². The van der Waals surface area contributed by atoms with Crippen molar-refractivity contribution in [2.45, 2.75) is 34.6 Å². The Morgan fingerprint density at radius 3 is 0.945 bits per heavy atom. The largest absolute Gasteiger partial charge is 0.292 e. The van der Waals surface area contributed by atoms with Gasteiger partial charge < -0.3 is 0 Å². The average molecular weight is 1420 g/mol. The Morgan fingerprint density at radius 2 is 0.518 bits per heavy atom. The molecule has 19 rings (SSSR count). The highest BCUT2D eigenvalue weighted by Crippen LogP contribution is 2.35. The van der Waals surface area contributed by atoms with Crippen LogP contribution in [-0.4, -0.2) is 48.6 Å². The summed E-state index contributed by atoms with van der Waals surface area (Å²) in [7, 11) is 0. The molecular formula is C100H80N10. The van der Waals surface area contributed by atoms with Crippen LogP contribution in [0.3, 0.4) is 0 Å². The highest BCUT2D eigenvalue weighted by Gasteiger charge is 2.19. The fourth-order valence-corrected chi connectivity index (χ4v) is 13.4. The second-order valence-electron chi connectivity index (χ2n) is 26.8. The first kappa shape index (κ1) is 71.3. The molecule has 10 nitrogen and oxygen atoms in total. The number of aryl methyl sites for hydroxylation is 5. The van der Waals surface area contributed by atoms with E-state index in [1.807, 2.05) is 134 Å². The van der Waals surface area contributed by atoms with E-state index in [9.17, 15) is 0 Å². The van der Waals surface area contributed by atoms with Gasteiger partial charge in [0.15, 0.2) is 5.82 Å². The molecule has 5 aromatic heterocycles. The second-order valence-corrected chi connectivity index (χ2v) is 26.8. The molecule has 0 N–H and O–H groups in total. The lowest BCUT2D eigenvalue weighted by atomic mass is 10.1. The van der Waals surface area contributed by atoms with Gasteiger partial charge in [0.2, 0.25) is 0 Å². The Bertz CT molecular complexity index is 6130. The van der Waals surface area contributed by atoms with Crippen molar-refractivity contribution in [2.24, 2.45) is 0 Å². The number of hydrogen-bond acceptors (Lipinski definition) is 7. The van der Waals surface area contributed by atoms with Gasteiger partial charge in [0.05, 0.1) is 55.9 Å². The zero-order valence-corrected chi connectivity index (χ0v) is 62.0. The minimum absolute atomic E-state index is 0.749. The third-order valence-corrected chi connectivity index (χ3v) is 18.8. The van der Waals surface area contributed by atoms with Gasteiger partial charge in [-0.15, -0.1) is 0 Å². The van der Waals surface area contributed by atoms with Crippen LogP contribution in [0.25, 0.3) is 141 Å². The fraction of sp³-hybridized carbons (Fsp3) is 0.0500. The Hall–Kier alpha value is -14.4. The molecule has 0 saturated heterocycles. The molecular weight excluding hydrogens is 1340 g/mol. The van der Waals surface area contributed by atoms with Crippen molar-refractivity contribution in [1.82, 2.24) is 48.6 Å². The fourth-order valence-electron chi connectivity index (χ4n) is 13.4. The van der Waals surface area contributed by atoms with E-state index in [1.54, 1.807) is 0 Å². The molecule has 0 aliphatic heterocycles. The summed E-state index contributed by atoms with van der Waals surface area (Å²) in [5, 5.41) is 0. The second kappa shape index (κ2) is 33.8. The molecule has 0 atom stereocenters. The van der Waals surface area contributed by atoms with Crippen LogP contribution in [0, 0.1) is 34.6 Å². The first-order chi connectivity index (χ1) is 54.1. The van der Waals surface area contributed by atoms with Crippen molar-refractivity contribution in [2.75, 3.05) is 0 Å². The first-order valence-electron chi connectivity index (χ1n) is 36.9. The number of fused-ring (bicyclic) bond motifs is 3. The molecule has 0 saturated carbocycles. The highest BCUT2D eigenvalue weighted by molar-refractivity contribution is 5.86. The van der Waals surface area contributed by atoms with E-state index in [0.717, 1.165) is 141 Å². The smallest absolute Gasteiger partial charge is 0.160 e. The molecule has 5 heterocycles. The van der Waals surface area contributed by atoms with Crippen molar-refractivity contribution < 1.29 is 0 Å². The van der Waals surface area contributed by atoms with Gasteiger partial charge in [-0.2, -0.15) is 0 Å². The molecule has 0 unspecified atom stereocenters. The number of benzene rings is 14. The van der Waals surface area contributed by atoms with Gasteiger partial charge in [0.25, 0.3) is 0 Å². The van der Waals surface area contributed by atoms with Gasteiger partial charge in [-0.25, -0.2) is 34.9 Å². The lowest BCUT2D eigenvalue weighted by Gasteiger charge is -2.11. The normalized spacial score (nSPS) is 10.8. The molecule has 0 radical (unpaired) electrons. The molecule has 110 heavy (non-hydrogen) atoms. The quantitative estimate of drug-likeness (QED) is 0.127. The monoisotopic (exact) mass is 1420 g/mol. The Kier molecular flexibility index (Phi) is 21.9. The van der Waals surface area contributed by atoms with Crippen LogP contribution in [0.5, 0.6) is 0 Å². The minimum Gasteiger partial charge on any atom is -0.292 e. The summed E-state index contributed by atoms with van der Waals surface area (Å²) in [4.78, 5) is 33.3. The van der Waals surface area contributed by atoms with E-state index in [-0.39, 0.29) is 0 Å². The maximum absolute atomic E-state index is 4.88. The van der Waals surface area contributed by atoms with Gasteiger partial charge in [-0.05, 0) is 137 Å². The molecule has 14 aromatic carbocycles. The summed E-state index contributed by atoms with van der Waals surface area (Å²) in [5.74, 6) is 4.49. The van der Waals surface area contributed by atoms with E-state index >= 15 is 0 Å². The maximum atomic E-state index is 4.88. The Labute approximate surface area is 642 Å². The predicted octanol–water partition coefficient (Wildman–Crippen LogP) is 24.9. The van der Waals surface area contributed by atoms with Gasteiger partial charge in [0, 0.05) is 61.6 Å². The van der Waals surface area contributed by atoms with E-state index in [2.05, 4.69) is 318 Å². The number of imidazole rings is 3. The Balaban J connectivity index is 0.000000109. The molecule has 0 fully saturated rings. The predicted molar refractivity (Wildman–Crippen MR) is 454 cm³/mol. The van der Waals surface area contributed by atoms with Gasteiger partial charge in [0.1, 0.15) is 23.3 Å². The van der Waals surface area contributed by atoms with Crippen LogP contribution < -0.4 is 0 Å². The summed E-state index contributed by atoms with van der Waals surface area (Å²) >= 11 is 0. The standard InChI is InChI=1S/C23H18N2.3C20H16N2.C17H14N2/c1-17-9-8-14-20(15-17)22-16-21(18-10-4-2-5-11-18)24-23(25-22)19-12-6-3-7-13-19;1-15-8-7-9-16(14-15)20-21-18-12-5-6-13-19(18)22(20)17-10-3-2-4-11-17;1-15-9-5-6-12-17(15)20-21-18-13-7-8-14-19(18)22(20)16-10-3-2-4-11-16;1-15-11-13-16(14-12-15)20-21-18-9-5-6-10-19(18)22(20)17-7-3-2-4-8-17;1-13-18-16(14-8-4-2-5-9-14)12-17(19-13)15-10-6-3-7-11-15/h2-16H,1H3;3*2-14H,1H3;2-12H,1H3. The van der Waals surface area contributed by atoms with Crippen LogP contribution in [0.4, 0.5) is 0 Å². The van der Waals surface area contributed by atoms with Crippen LogP contribution in [0.2, 0.25) is 0 Å². The zero-order valence-electron chi connectivity index (χ0n) is 62.0. The molecule has 19 aromatic rings.